The third-order valence-corrected chi connectivity index (χ3v) is 12.3. The summed E-state index contributed by atoms with van der Waals surface area (Å²) in [5, 5.41) is 0.246. The molecule has 0 aliphatic heterocycles. The lowest BCUT2D eigenvalue weighted by atomic mass is 10.2. The molecule has 3 aromatic carbocycles. The van der Waals surface area contributed by atoms with Crippen LogP contribution in [0.1, 0.15) is 11.1 Å². The van der Waals surface area contributed by atoms with Gasteiger partial charge in [-0.25, -0.2) is 0 Å². The first-order chi connectivity index (χ1) is 13.2. The van der Waals surface area contributed by atoms with E-state index in [4.69, 9.17) is 37.3 Å². The fourth-order valence-corrected chi connectivity index (χ4v) is 10.1. The summed E-state index contributed by atoms with van der Waals surface area (Å²) in [4.78, 5) is -0.190. The van der Waals surface area contributed by atoms with Crippen LogP contribution in [-0.4, -0.2) is 8.42 Å². The molecule has 0 atom stereocenters. The lowest BCUT2D eigenvalue weighted by molar-refractivity contribution is -1.03. The maximum absolute atomic E-state index is 13.0. The molecule has 8 heteroatoms. The second kappa shape index (κ2) is 8.90. The maximum atomic E-state index is 13.0. The minimum Gasteiger partial charge on any atom is -0.190 e. The summed E-state index contributed by atoms with van der Waals surface area (Å²) in [6.45, 7) is 3.95. The summed E-state index contributed by atoms with van der Waals surface area (Å²) < 4.78 is 33.6. The van der Waals surface area contributed by atoms with Crippen molar-refractivity contribution in [1.29, 1.82) is 0 Å². The van der Waals surface area contributed by atoms with Crippen molar-refractivity contribution in [2.24, 2.45) is 0 Å². The van der Waals surface area contributed by atoms with E-state index in [2.05, 4.69) is 0 Å². The van der Waals surface area contributed by atoms with E-state index in [0.29, 0.717) is 0 Å². The Kier molecular flexibility index (Phi) is 6.95. The molecule has 0 spiro atoms. The maximum Gasteiger partial charge on any atom is 0.337 e. The summed E-state index contributed by atoms with van der Waals surface area (Å²) in [7, 11) is -4.15. The highest BCUT2D eigenvalue weighted by atomic mass is 127. The quantitative estimate of drug-likeness (QED) is 0.350. The van der Waals surface area contributed by atoms with E-state index in [-0.39, 0.29) is 20.0 Å². The van der Waals surface area contributed by atoms with Crippen molar-refractivity contribution in [1.82, 2.24) is 0 Å². The molecule has 0 heterocycles. The monoisotopic (exact) mass is 568 g/mol. The van der Waals surface area contributed by atoms with E-state index < -0.39 is 30.4 Å². The molecular formula is C20H16Cl3IO3S+. The number of aryl methyl sites for hydroxylation is 2. The molecule has 0 aliphatic rings. The summed E-state index contributed by atoms with van der Waals surface area (Å²) in [5.74, 6) is 0. The molecule has 0 aliphatic carbocycles. The van der Waals surface area contributed by atoms with Crippen LogP contribution in [0.5, 0.6) is 0 Å². The van der Waals surface area contributed by atoms with Crippen molar-refractivity contribution in [2.45, 2.75) is 18.7 Å². The van der Waals surface area contributed by atoms with Crippen LogP contribution in [-0.2, 0) is 12.6 Å². The molecule has 0 bridgehead atoms. The Labute approximate surface area is 187 Å². The highest BCUT2D eigenvalue weighted by Gasteiger charge is 2.38. The first kappa shape index (κ1) is 21.9. The standard InChI is InChI=1S/C20H16Cl3IO3S/c1-13-3-7-15(8-4-13)24(16-9-5-14(2)6-10-16)27-28(25,26)20-12-18(22)17(21)11-19(20)23/h3-12H,1-2H3/q+1. The molecule has 0 N–H and O–H groups in total. The highest BCUT2D eigenvalue weighted by molar-refractivity contribution is 7.86. The second-order valence-electron chi connectivity index (χ2n) is 6.05. The lowest BCUT2D eigenvalue weighted by Crippen LogP contribution is -3.85. The molecular weight excluding hydrogens is 554 g/mol. The Morgan fingerprint density at radius 1 is 0.714 bits per heavy atom. The van der Waals surface area contributed by atoms with Crippen LogP contribution in [0, 0.1) is 21.0 Å². The van der Waals surface area contributed by atoms with E-state index in [1.807, 2.05) is 62.4 Å². The van der Waals surface area contributed by atoms with E-state index in [9.17, 15) is 8.42 Å². The summed E-state index contributed by atoms with van der Waals surface area (Å²) in [6.07, 6.45) is 0. The molecule has 0 aromatic heterocycles. The van der Waals surface area contributed by atoms with Crippen molar-refractivity contribution >= 4 is 44.9 Å². The van der Waals surface area contributed by atoms with Crippen LogP contribution in [0.4, 0.5) is 0 Å². The molecule has 0 fully saturated rings. The van der Waals surface area contributed by atoms with Crippen molar-refractivity contribution in [3.05, 3.63) is 94.0 Å². The fourth-order valence-electron chi connectivity index (χ4n) is 2.31. The molecule has 0 amide bonds. The summed E-state index contributed by atoms with van der Waals surface area (Å²) in [5.41, 5.74) is 2.16. The summed E-state index contributed by atoms with van der Waals surface area (Å²) in [6, 6.07) is 17.9. The van der Waals surface area contributed by atoms with Crippen molar-refractivity contribution in [2.75, 3.05) is 0 Å². The molecule has 0 saturated carbocycles. The fraction of sp³-hybridized carbons (Fsp3) is 0.100. The van der Waals surface area contributed by atoms with Gasteiger partial charge in [0.1, 0.15) is 4.90 Å². The van der Waals surface area contributed by atoms with Gasteiger partial charge in [-0.05, 0) is 52.8 Å². The molecule has 28 heavy (non-hydrogen) atoms. The highest BCUT2D eigenvalue weighted by Crippen LogP contribution is 2.31. The normalized spacial score (nSPS) is 11.8. The Morgan fingerprint density at radius 2 is 1.14 bits per heavy atom. The number of rotatable bonds is 5. The topological polar surface area (TPSA) is 43.4 Å². The van der Waals surface area contributed by atoms with Gasteiger partial charge >= 0.3 is 30.4 Å². The van der Waals surface area contributed by atoms with E-state index >= 15 is 0 Å². The van der Waals surface area contributed by atoms with Crippen LogP contribution in [0.15, 0.2) is 65.6 Å². The average molecular weight is 570 g/mol. The number of hydrogen-bond donors (Lipinski definition) is 0. The SMILES string of the molecule is Cc1ccc([I+](OS(=O)(=O)c2cc(Cl)c(Cl)cc2Cl)c2ccc(C)cc2)cc1. The van der Waals surface area contributed by atoms with E-state index in [1.54, 1.807) is 0 Å². The number of halogens is 4. The molecule has 1 radical (unpaired) electrons. The first-order valence-electron chi connectivity index (χ1n) is 8.10. The number of hydrogen-bond acceptors (Lipinski definition) is 3. The van der Waals surface area contributed by atoms with Gasteiger partial charge in [-0.15, -0.1) is 0 Å². The van der Waals surface area contributed by atoms with Crippen LogP contribution < -0.4 is 20.2 Å². The average Bonchev–Trinajstić information content (AvgIpc) is 2.64. The van der Waals surface area contributed by atoms with E-state index in [0.717, 1.165) is 18.3 Å². The van der Waals surface area contributed by atoms with Crippen LogP contribution in [0.3, 0.4) is 0 Å². The predicted octanol–water partition coefficient (Wildman–Crippen LogP) is 3.25. The van der Waals surface area contributed by atoms with Crippen molar-refractivity contribution in [3.8, 4) is 0 Å². The van der Waals surface area contributed by atoms with Crippen LogP contribution >= 0.6 is 34.8 Å². The Hall–Kier alpha value is -0.830. The van der Waals surface area contributed by atoms with Gasteiger partial charge in [0, 0.05) is 0 Å². The zero-order chi connectivity index (χ0) is 20.5. The number of benzene rings is 3. The van der Waals surface area contributed by atoms with Gasteiger partial charge < -0.3 is 0 Å². The van der Waals surface area contributed by atoms with Crippen molar-refractivity contribution in [3.63, 3.8) is 0 Å². The van der Waals surface area contributed by atoms with Gasteiger partial charge in [0.25, 0.3) is 0 Å². The lowest BCUT2D eigenvalue weighted by Gasteiger charge is -2.09. The minimum absolute atomic E-state index is 0.0296. The molecule has 147 valence electrons. The Morgan fingerprint density at radius 3 is 1.61 bits per heavy atom. The van der Waals surface area contributed by atoms with Gasteiger partial charge in [-0.1, -0.05) is 70.2 Å². The zero-order valence-electron chi connectivity index (χ0n) is 14.9. The van der Waals surface area contributed by atoms with Gasteiger partial charge in [0.15, 0.2) is 7.14 Å². The zero-order valence-corrected chi connectivity index (χ0v) is 20.2. The van der Waals surface area contributed by atoms with Gasteiger partial charge in [0.05, 0.1) is 15.1 Å². The van der Waals surface area contributed by atoms with Gasteiger partial charge in [-0.3, -0.25) is 0 Å². The van der Waals surface area contributed by atoms with E-state index in [1.165, 1.54) is 12.1 Å². The van der Waals surface area contributed by atoms with Gasteiger partial charge in [-0.2, -0.15) is 8.42 Å². The van der Waals surface area contributed by atoms with Crippen LogP contribution in [0.25, 0.3) is 0 Å². The Balaban J connectivity index is 2.07. The molecule has 0 unspecified atom stereocenters. The molecule has 3 rings (SSSR count). The minimum atomic E-state index is -4.15. The Bertz CT molecular complexity index is 1050. The molecule has 0 saturated heterocycles. The summed E-state index contributed by atoms with van der Waals surface area (Å²) >= 11 is 15.3. The van der Waals surface area contributed by atoms with Gasteiger partial charge in [0.2, 0.25) is 0 Å². The largest absolute Gasteiger partial charge is 0.337 e. The third-order valence-electron chi connectivity index (χ3n) is 3.81. The van der Waals surface area contributed by atoms with Crippen LogP contribution in [0.2, 0.25) is 15.1 Å². The molecule has 3 aromatic rings. The molecule has 3 nitrogen and oxygen atoms in total. The third kappa shape index (κ3) is 5.01. The van der Waals surface area contributed by atoms with Crippen molar-refractivity contribution < 1.29 is 31.2 Å². The first-order valence-corrected chi connectivity index (χ1v) is 13.7. The predicted molar refractivity (Wildman–Crippen MR) is 109 cm³/mol. The smallest absolute Gasteiger partial charge is 0.190 e. The second-order valence-corrected chi connectivity index (χ2v) is 13.7.